The number of nitriles is 1. The van der Waals surface area contributed by atoms with Crippen LogP contribution in [0.25, 0.3) is 11.7 Å². The van der Waals surface area contributed by atoms with E-state index in [-0.39, 0.29) is 17.5 Å². The van der Waals surface area contributed by atoms with Crippen molar-refractivity contribution >= 4 is 17.5 Å². The third-order valence-corrected chi connectivity index (χ3v) is 5.71. The van der Waals surface area contributed by atoms with Gasteiger partial charge in [-0.15, -0.1) is 0 Å². The first-order valence-corrected chi connectivity index (χ1v) is 10.9. The number of carbonyl (C=O) groups excluding carboxylic acids is 1. The van der Waals surface area contributed by atoms with E-state index in [1.165, 1.54) is 6.26 Å². The highest BCUT2D eigenvalue weighted by Gasteiger charge is 2.27. The number of nitrogens with zero attached hydrogens (tertiary/aromatic N) is 5. The molecule has 1 amide bonds. The van der Waals surface area contributed by atoms with Crippen LogP contribution < -0.4 is 9.80 Å². The number of hydrogen-bond acceptors (Lipinski definition) is 7. The summed E-state index contributed by atoms with van der Waals surface area (Å²) in [7, 11) is 0. The molecular formula is C24H27N5O3. The monoisotopic (exact) mass is 433 g/mol. The van der Waals surface area contributed by atoms with Gasteiger partial charge in [0.25, 0.3) is 11.8 Å². The van der Waals surface area contributed by atoms with Crippen molar-refractivity contribution in [3.05, 3.63) is 53.9 Å². The van der Waals surface area contributed by atoms with Crippen LogP contribution in [0.15, 0.2) is 51.5 Å². The van der Waals surface area contributed by atoms with E-state index in [0.29, 0.717) is 49.4 Å². The van der Waals surface area contributed by atoms with Crippen molar-refractivity contribution < 1.29 is 13.6 Å². The number of piperazine rings is 1. The Morgan fingerprint density at radius 2 is 1.91 bits per heavy atom. The SMILES string of the molecule is CCN(c1ccc(C(=O)N2CCN(c3oc(-c4ccco4)nc3C#N)CC2)cc1)C(C)C. The highest BCUT2D eigenvalue weighted by Crippen LogP contribution is 2.29. The number of amides is 1. The van der Waals surface area contributed by atoms with Crippen LogP contribution in [0.2, 0.25) is 0 Å². The summed E-state index contributed by atoms with van der Waals surface area (Å²) < 4.78 is 11.1. The zero-order valence-corrected chi connectivity index (χ0v) is 18.6. The molecule has 0 spiro atoms. The molecular weight excluding hydrogens is 406 g/mol. The van der Waals surface area contributed by atoms with E-state index in [0.717, 1.165) is 12.2 Å². The lowest BCUT2D eigenvalue weighted by atomic mass is 10.1. The number of oxazole rings is 1. The molecule has 8 nitrogen and oxygen atoms in total. The highest BCUT2D eigenvalue weighted by atomic mass is 16.4. The summed E-state index contributed by atoms with van der Waals surface area (Å²) in [6.45, 7) is 9.55. The van der Waals surface area contributed by atoms with E-state index >= 15 is 0 Å². The first-order chi connectivity index (χ1) is 15.5. The van der Waals surface area contributed by atoms with Gasteiger partial charge in [-0.3, -0.25) is 4.79 Å². The smallest absolute Gasteiger partial charge is 0.266 e. The molecule has 8 heteroatoms. The predicted octanol–water partition coefficient (Wildman–Crippen LogP) is 4.00. The van der Waals surface area contributed by atoms with Crippen LogP contribution in [-0.4, -0.2) is 54.6 Å². The standard InChI is InChI=1S/C24H27N5O3/c1-4-29(17(2)3)19-9-7-18(8-10-19)23(30)27-11-13-28(14-12-27)24-20(16-25)26-22(32-24)21-6-5-15-31-21/h5-10,15,17H,4,11-14H2,1-3H3. The number of carbonyl (C=O) groups is 1. The third kappa shape index (κ3) is 4.19. The molecule has 0 saturated carbocycles. The molecule has 2 aromatic heterocycles. The molecule has 0 unspecified atom stereocenters. The zero-order chi connectivity index (χ0) is 22.7. The van der Waals surface area contributed by atoms with Crippen LogP contribution in [0.1, 0.15) is 36.8 Å². The third-order valence-electron chi connectivity index (χ3n) is 5.71. The van der Waals surface area contributed by atoms with E-state index < -0.39 is 0 Å². The van der Waals surface area contributed by atoms with Gasteiger partial charge in [-0.05, 0) is 57.2 Å². The number of benzene rings is 1. The molecule has 166 valence electrons. The molecule has 0 N–H and O–H groups in total. The van der Waals surface area contributed by atoms with Crippen molar-refractivity contribution in [2.45, 2.75) is 26.8 Å². The van der Waals surface area contributed by atoms with Crippen molar-refractivity contribution in [1.82, 2.24) is 9.88 Å². The second-order valence-corrected chi connectivity index (χ2v) is 7.97. The molecule has 4 rings (SSSR count). The second-order valence-electron chi connectivity index (χ2n) is 7.97. The summed E-state index contributed by atoms with van der Waals surface area (Å²) in [6.07, 6.45) is 1.53. The Hall–Kier alpha value is -3.73. The molecule has 1 aliphatic heterocycles. The van der Waals surface area contributed by atoms with Crippen LogP contribution in [0.4, 0.5) is 11.6 Å². The van der Waals surface area contributed by atoms with Gasteiger partial charge < -0.3 is 23.5 Å². The van der Waals surface area contributed by atoms with Gasteiger partial charge in [0.1, 0.15) is 6.07 Å². The normalized spacial score (nSPS) is 14.0. The van der Waals surface area contributed by atoms with Crippen LogP contribution in [0.5, 0.6) is 0 Å². The van der Waals surface area contributed by atoms with Gasteiger partial charge >= 0.3 is 0 Å². The lowest BCUT2D eigenvalue weighted by molar-refractivity contribution is 0.0745. The fourth-order valence-corrected chi connectivity index (χ4v) is 4.04. The minimum Gasteiger partial charge on any atom is -0.459 e. The van der Waals surface area contributed by atoms with E-state index in [4.69, 9.17) is 8.83 Å². The van der Waals surface area contributed by atoms with Crippen molar-refractivity contribution in [1.29, 1.82) is 5.26 Å². The Morgan fingerprint density at radius 3 is 2.47 bits per heavy atom. The van der Waals surface area contributed by atoms with Crippen LogP contribution in [0, 0.1) is 11.3 Å². The Labute approximate surface area is 187 Å². The topological polar surface area (TPSA) is 89.8 Å². The fourth-order valence-electron chi connectivity index (χ4n) is 4.04. The van der Waals surface area contributed by atoms with Crippen molar-refractivity contribution in [3.8, 4) is 17.7 Å². The molecule has 0 bridgehead atoms. The molecule has 3 heterocycles. The predicted molar refractivity (Wildman–Crippen MR) is 122 cm³/mol. The zero-order valence-electron chi connectivity index (χ0n) is 18.6. The molecule has 1 fully saturated rings. The molecule has 1 aliphatic rings. The van der Waals surface area contributed by atoms with Crippen LogP contribution >= 0.6 is 0 Å². The number of hydrogen-bond donors (Lipinski definition) is 0. The Balaban J connectivity index is 1.42. The Bertz CT molecular complexity index is 1090. The molecule has 1 saturated heterocycles. The minimum atomic E-state index is 0.0122. The maximum absolute atomic E-state index is 13.0. The van der Waals surface area contributed by atoms with Crippen molar-refractivity contribution in [3.63, 3.8) is 0 Å². The average Bonchev–Trinajstić information content (AvgIpc) is 3.49. The van der Waals surface area contributed by atoms with E-state index in [1.54, 1.807) is 12.1 Å². The van der Waals surface area contributed by atoms with Gasteiger partial charge in [0, 0.05) is 50.0 Å². The lowest BCUT2D eigenvalue weighted by Crippen LogP contribution is -2.48. The van der Waals surface area contributed by atoms with E-state index in [1.807, 2.05) is 34.1 Å². The van der Waals surface area contributed by atoms with Gasteiger partial charge in [-0.2, -0.15) is 10.2 Å². The summed E-state index contributed by atoms with van der Waals surface area (Å²) in [5.74, 6) is 1.19. The summed E-state index contributed by atoms with van der Waals surface area (Å²) in [6, 6.07) is 13.8. The van der Waals surface area contributed by atoms with Gasteiger partial charge in [0.2, 0.25) is 11.6 Å². The van der Waals surface area contributed by atoms with Gasteiger partial charge in [-0.25, -0.2) is 0 Å². The maximum atomic E-state index is 13.0. The first-order valence-electron chi connectivity index (χ1n) is 10.9. The summed E-state index contributed by atoms with van der Waals surface area (Å²) >= 11 is 0. The van der Waals surface area contributed by atoms with E-state index in [2.05, 4.69) is 36.7 Å². The number of rotatable bonds is 6. The number of furan rings is 1. The molecule has 0 aliphatic carbocycles. The molecule has 32 heavy (non-hydrogen) atoms. The number of anilines is 2. The highest BCUT2D eigenvalue weighted by molar-refractivity contribution is 5.94. The lowest BCUT2D eigenvalue weighted by Gasteiger charge is -2.34. The summed E-state index contributed by atoms with van der Waals surface area (Å²) in [5.41, 5.74) is 2.02. The van der Waals surface area contributed by atoms with Crippen LogP contribution in [0.3, 0.4) is 0 Å². The molecule has 1 aromatic carbocycles. The Morgan fingerprint density at radius 1 is 1.19 bits per heavy atom. The number of aromatic nitrogens is 1. The minimum absolute atomic E-state index is 0.0122. The second kappa shape index (κ2) is 9.18. The van der Waals surface area contributed by atoms with Crippen LogP contribution in [-0.2, 0) is 0 Å². The van der Waals surface area contributed by atoms with Crippen molar-refractivity contribution in [2.75, 3.05) is 42.5 Å². The Kier molecular flexibility index (Phi) is 6.17. The largest absolute Gasteiger partial charge is 0.459 e. The summed E-state index contributed by atoms with van der Waals surface area (Å²) in [4.78, 5) is 23.3. The molecule has 0 atom stereocenters. The van der Waals surface area contributed by atoms with Gasteiger partial charge in [0.15, 0.2) is 5.76 Å². The van der Waals surface area contributed by atoms with Crippen molar-refractivity contribution in [2.24, 2.45) is 0 Å². The average molecular weight is 434 g/mol. The fraction of sp³-hybridized carbons (Fsp3) is 0.375. The quantitative estimate of drug-likeness (QED) is 0.580. The molecule has 0 radical (unpaired) electrons. The van der Waals surface area contributed by atoms with E-state index in [9.17, 15) is 10.1 Å². The summed E-state index contributed by atoms with van der Waals surface area (Å²) in [5, 5.41) is 9.46. The van der Waals surface area contributed by atoms with Gasteiger partial charge in [-0.1, -0.05) is 0 Å². The van der Waals surface area contributed by atoms with Gasteiger partial charge in [0.05, 0.1) is 6.26 Å². The molecule has 3 aromatic rings. The first kappa shape index (κ1) is 21.5. The maximum Gasteiger partial charge on any atom is 0.266 e.